The number of fused-ring (bicyclic) bond motifs is 1. The molecule has 2 aromatic rings. The summed E-state index contributed by atoms with van der Waals surface area (Å²) in [6.07, 6.45) is 2.88. The molecule has 7 nitrogen and oxygen atoms in total. The van der Waals surface area contributed by atoms with Gasteiger partial charge in [-0.2, -0.15) is 0 Å². The number of nitrogens with one attached hydrogen (secondary N) is 1. The number of piperazine rings is 1. The number of aryl methyl sites for hydroxylation is 1. The summed E-state index contributed by atoms with van der Waals surface area (Å²) in [7, 11) is 1.69. The molecule has 2 heterocycles. The zero-order chi connectivity index (χ0) is 22.7. The number of carbonyl (C=O) groups excluding carboxylic acids is 2. The number of amides is 1. The maximum atomic E-state index is 13.1. The standard InChI is InChI=1S/C24H31N3O4S/c1-4-31-24(29)21-17-8-7-11-20(17)32-23(21)25-22(28)16(2)26-12-14-27(15-13-26)18-9-5-6-10-19(18)30-3/h5-6,9-10,16H,4,7-8,11-15H2,1-3H3,(H,25,28). The lowest BCUT2D eigenvalue weighted by molar-refractivity contribution is -0.120. The minimum atomic E-state index is -0.333. The van der Waals surface area contributed by atoms with E-state index in [0.717, 1.165) is 62.4 Å². The summed E-state index contributed by atoms with van der Waals surface area (Å²) in [5.74, 6) is 0.450. The fourth-order valence-electron chi connectivity index (χ4n) is 4.53. The molecule has 2 aliphatic rings. The van der Waals surface area contributed by atoms with Gasteiger partial charge in [-0.25, -0.2) is 4.79 Å². The van der Waals surface area contributed by atoms with Gasteiger partial charge < -0.3 is 19.7 Å². The first kappa shape index (κ1) is 22.6. The third-order valence-corrected chi connectivity index (χ3v) is 7.51. The quantitative estimate of drug-likeness (QED) is 0.641. The van der Waals surface area contributed by atoms with Crippen LogP contribution in [0.3, 0.4) is 0 Å². The van der Waals surface area contributed by atoms with Crippen LogP contribution >= 0.6 is 11.3 Å². The zero-order valence-electron chi connectivity index (χ0n) is 19.0. The normalized spacial score (nSPS) is 17.0. The first-order valence-electron chi connectivity index (χ1n) is 11.3. The molecule has 1 atom stereocenters. The third kappa shape index (κ3) is 4.47. The number of carbonyl (C=O) groups is 2. The summed E-state index contributed by atoms with van der Waals surface area (Å²) in [6, 6.07) is 7.73. The number of thiophene rings is 1. The summed E-state index contributed by atoms with van der Waals surface area (Å²) in [5.41, 5.74) is 2.70. The second kappa shape index (κ2) is 9.92. The van der Waals surface area contributed by atoms with Gasteiger partial charge in [-0.05, 0) is 50.8 Å². The predicted octanol–water partition coefficient (Wildman–Crippen LogP) is 3.57. The minimum Gasteiger partial charge on any atom is -0.495 e. The molecule has 0 spiro atoms. The highest BCUT2D eigenvalue weighted by molar-refractivity contribution is 7.17. The number of benzene rings is 1. The van der Waals surface area contributed by atoms with Crippen LogP contribution < -0.4 is 15.0 Å². The van der Waals surface area contributed by atoms with Crippen LogP contribution in [0, 0.1) is 0 Å². The van der Waals surface area contributed by atoms with Gasteiger partial charge in [-0.3, -0.25) is 9.69 Å². The van der Waals surface area contributed by atoms with Gasteiger partial charge in [0.15, 0.2) is 0 Å². The number of nitrogens with zero attached hydrogens (tertiary/aromatic N) is 2. The summed E-state index contributed by atoms with van der Waals surface area (Å²) in [4.78, 5) is 31.3. The number of hydrogen-bond donors (Lipinski definition) is 1. The van der Waals surface area contributed by atoms with E-state index in [9.17, 15) is 9.59 Å². The molecule has 32 heavy (non-hydrogen) atoms. The maximum Gasteiger partial charge on any atom is 0.341 e. The van der Waals surface area contributed by atoms with Crippen molar-refractivity contribution in [2.24, 2.45) is 0 Å². The van der Waals surface area contributed by atoms with Gasteiger partial charge in [0.2, 0.25) is 5.91 Å². The fraction of sp³-hybridized carbons (Fsp3) is 0.500. The number of para-hydroxylation sites is 2. The second-order valence-corrected chi connectivity index (χ2v) is 9.25. The number of ether oxygens (including phenoxy) is 2. The Balaban J connectivity index is 1.41. The molecule has 1 aromatic carbocycles. The van der Waals surface area contributed by atoms with Crippen LogP contribution in [0.2, 0.25) is 0 Å². The Labute approximate surface area is 193 Å². The molecule has 8 heteroatoms. The average Bonchev–Trinajstić information content (AvgIpc) is 3.39. The van der Waals surface area contributed by atoms with Crippen molar-refractivity contribution in [3.05, 3.63) is 40.3 Å². The van der Waals surface area contributed by atoms with Gasteiger partial charge in [-0.1, -0.05) is 12.1 Å². The molecular weight excluding hydrogens is 426 g/mol. The number of hydrogen-bond acceptors (Lipinski definition) is 7. The second-order valence-electron chi connectivity index (χ2n) is 8.14. The van der Waals surface area contributed by atoms with E-state index in [1.807, 2.05) is 25.1 Å². The fourth-order valence-corrected chi connectivity index (χ4v) is 5.82. The third-order valence-electron chi connectivity index (χ3n) is 6.30. The molecule has 1 fully saturated rings. The molecule has 1 aliphatic heterocycles. The van der Waals surface area contributed by atoms with Crippen molar-refractivity contribution in [3.8, 4) is 5.75 Å². The molecule has 1 unspecified atom stereocenters. The lowest BCUT2D eigenvalue weighted by Gasteiger charge is -2.38. The van der Waals surface area contributed by atoms with E-state index in [1.165, 1.54) is 16.2 Å². The SMILES string of the molecule is CCOC(=O)c1c(NC(=O)C(C)N2CCN(c3ccccc3OC)CC2)sc2c1CCC2. The molecule has 172 valence electrons. The van der Waals surface area contributed by atoms with Crippen LogP contribution in [-0.2, 0) is 22.4 Å². The molecule has 4 rings (SSSR count). The average molecular weight is 458 g/mol. The monoisotopic (exact) mass is 457 g/mol. The summed E-state index contributed by atoms with van der Waals surface area (Å²) in [6.45, 7) is 7.24. The van der Waals surface area contributed by atoms with Crippen LogP contribution in [0.5, 0.6) is 5.75 Å². The van der Waals surface area contributed by atoms with E-state index >= 15 is 0 Å². The topological polar surface area (TPSA) is 71.1 Å². The Hall–Kier alpha value is -2.58. The maximum absolute atomic E-state index is 13.1. The number of esters is 1. The van der Waals surface area contributed by atoms with E-state index in [2.05, 4.69) is 21.2 Å². The van der Waals surface area contributed by atoms with E-state index in [0.29, 0.717) is 17.2 Å². The molecule has 0 radical (unpaired) electrons. The van der Waals surface area contributed by atoms with Crippen molar-refractivity contribution < 1.29 is 19.1 Å². The highest BCUT2D eigenvalue weighted by atomic mass is 32.1. The summed E-state index contributed by atoms with van der Waals surface area (Å²) < 4.78 is 10.8. The first-order valence-corrected chi connectivity index (χ1v) is 12.1. The Kier molecular flexibility index (Phi) is 7.01. The number of methoxy groups -OCH3 is 1. The Morgan fingerprint density at radius 2 is 1.91 bits per heavy atom. The van der Waals surface area contributed by atoms with Crippen molar-refractivity contribution in [1.29, 1.82) is 0 Å². The smallest absolute Gasteiger partial charge is 0.341 e. The first-order chi connectivity index (χ1) is 15.5. The van der Waals surface area contributed by atoms with Gasteiger partial charge in [0.05, 0.1) is 31.0 Å². The molecule has 1 N–H and O–H groups in total. The summed E-state index contributed by atoms with van der Waals surface area (Å²) in [5, 5.41) is 3.68. The highest BCUT2D eigenvalue weighted by Crippen LogP contribution is 2.39. The highest BCUT2D eigenvalue weighted by Gasteiger charge is 2.31. The molecule has 1 amide bonds. The molecule has 1 aliphatic carbocycles. The van der Waals surface area contributed by atoms with Gasteiger partial charge in [0.25, 0.3) is 0 Å². The van der Waals surface area contributed by atoms with E-state index in [1.54, 1.807) is 14.0 Å². The molecule has 1 aromatic heterocycles. The van der Waals surface area contributed by atoms with Crippen molar-refractivity contribution in [3.63, 3.8) is 0 Å². The molecule has 0 bridgehead atoms. The van der Waals surface area contributed by atoms with E-state index < -0.39 is 0 Å². The van der Waals surface area contributed by atoms with Crippen LogP contribution in [0.1, 0.15) is 41.1 Å². The van der Waals surface area contributed by atoms with Crippen molar-refractivity contribution >= 4 is 33.9 Å². The van der Waals surface area contributed by atoms with Crippen molar-refractivity contribution in [2.75, 3.05) is 50.1 Å². The molecule has 1 saturated heterocycles. The minimum absolute atomic E-state index is 0.0822. The van der Waals surface area contributed by atoms with E-state index in [4.69, 9.17) is 9.47 Å². The van der Waals surface area contributed by atoms with Crippen LogP contribution in [0.4, 0.5) is 10.7 Å². The lowest BCUT2D eigenvalue weighted by Crippen LogP contribution is -2.52. The largest absolute Gasteiger partial charge is 0.495 e. The summed E-state index contributed by atoms with van der Waals surface area (Å²) >= 11 is 1.52. The van der Waals surface area contributed by atoms with Gasteiger partial charge in [0.1, 0.15) is 10.8 Å². The van der Waals surface area contributed by atoms with Crippen molar-refractivity contribution in [2.45, 2.75) is 39.2 Å². The van der Waals surface area contributed by atoms with Crippen LogP contribution in [-0.4, -0.2) is 62.7 Å². The van der Waals surface area contributed by atoms with E-state index in [-0.39, 0.29) is 17.9 Å². The van der Waals surface area contributed by atoms with Crippen LogP contribution in [0.15, 0.2) is 24.3 Å². The van der Waals surface area contributed by atoms with Gasteiger partial charge in [-0.15, -0.1) is 11.3 Å². The lowest BCUT2D eigenvalue weighted by atomic mass is 10.1. The number of rotatable bonds is 7. The zero-order valence-corrected chi connectivity index (χ0v) is 19.8. The Morgan fingerprint density at radius 1 is 1.16 bits per heavy atom. The number of anilines is 2. The Bertz CT molecular complexity index is 982. The Morgan fingerprint density at radius 3 is 2.62 bits per heavy atom. The molecular formula is C24H31N3O4S. The molecule has 0 saturated carbocycles. The predicted molar refractivity (Wildman–Crippen MR) is 127 cm³/mol. The van der Waals surface area contributed by atoms with Gasteiger partial charge >= 0.3 is 5.97 Å². The van der Waals surface area contributed by atoms with Gasteiger partial charge in [0, 0.05) is 31.1 Å². The van der Waals surface area contributed by atoms with Crippen LogP contribution in [0.25, 0.3) is 0 Å². The van der Waals surface area contributed by atoms with Crippen molar-refractivity contribution in [1.82, 2.24) is 4.90 Å².